The highest BCUT2D eigenvalue weighted by Gasteiger charge is 2.21. The van der Waals surface area contributed by atoms with Crippen molar-refractivity contribution in [1.82, 2.24) is 5.32 Å². The van der Waals surface area contributed by atoms with Crippen LogP contribution in [0.15, 0.2) is 40.9 Å². The molecule has 4 heteroatoms. The fraction of sp³-hybridized carbons (Fsp3) is 0.294. The SMILES string of the molecule is CCNC(c1cc(Br)ccc1C)c1cccc(OC)c1F. The summed E-state index contributed by atoms with van der Waals surface area (Å²) in [7, 11) is 1.48. The van der Waals surface area contributed by atoms with E-state index in [0.29, 0.717) is 5.56 Å². The van der Waals surface area contributed by atoms with Gasteiger partial charge in [-0.25, -0.2) is 4.39 Å². The van der Waals surface area contributed by atoms with Gasteiger partial charge in [-0.05, 0) is 42.8 Å². The molecule has 21 heavy (non-hydrogen) atoms. The number of benzene rings is 2. The zero-order chi connectivity index (χ0) is 15.4. The fourth-order valence-corrected chi connectivity index (χ4v) is 2.80. The number of aryl methyl sites for hydroxylation is 1. The molecule has 0 bridgehead atoms. The molecule has 1 atom stereocenters. The van der Waals surface area contributed by atoms with Crippen molar-refractivity contribution in [3.8, 4) is 5.75 Å². The summed E-state index contributed by atoms with van der Waals surface area (Å²) in [5.74, 6) is -0.0478. The molecule has 2 aromatic carbocycles. The van der Waals surface area contributed by atoms with E-state index in [1.165, 1.54) is 7.11 Å². The Bertz CT molecular complexity index is 630. The van der Waals surface area contributed by atoms with Gasteiger partial charge in [0.05, 0.1) is 13.2 Å². The van der Waals surface area contributed by atoms with Crippen LogP contribution in [0, 0.1) is 12.7 Å². The first-order chi connectivity index (χ1) is 10.1. The second-order valence-electron chi connectivity index (χ2n) is 4.86. The van der Waals surface area contributed by atoms with E-state index in [9.17, 15) is 4.39 Å². The van der Waals surface area contributed by atoms with E-state index < -0.39 is 0 Å². The number of hydrogen-bond donors (Lipinski definition) is 1. The summed E-state index contributed by atoms with van der Waals surface area (Å²) in [6, 6.07) is 11.1. The van der Waals surface area contributed by atoms with Crippen molar-refractivity contribution in [2.75, 3.05) is 13.7 Å². The normalized spacial score (nSPS) is 12.2. The summed E-state index contributed by atoms with van der Waals surface area (Å²) < 4.78 is 20.7. The third-order valence-corrected chi connectivity index (χ3v) is 3.98. The van der Waals surface area contributed by atoms with Crippen molar-refractivity contribution >= 4 is 15.9 Å². The summed E-state index contributed by atoms with van der Waals surface area (Å²) in [5.41, 5.74) is 2.77. The lowest BCUT2D eigenvalue weighted by atomic mass is 9.94. The Balaban J connectivity index is 2.56. The Hall–Kier alpha value is -1.39. The van der Waals surface area contributed by atoms with Crippen molar-refractivity contribution in [3.63, 3.8) is 0 Å². The second-order valence-corrected chi connectivity index (χ2v) is 5.77. The van der Waals surface area contributed by atoms with Crippen LogP contribution in [0.25, 0.3) is 0 Å². The first-order valence-electron chi connectivity index (χ1n) is 6.90. The molecular formula is C17H19BrFNO. The Kier molecular flexibility index (Phi) is 5.37. The van der Waals surface area contributed by atoms with Gasteiger partial charge < -0.3 is 10.1 Å². The molecule has 0 aliphatic carbocycles. The Morgan fingerprint density at radius 2 is 2.00 bits per heavy atom. The van der Waals surface area contributed by atoms with Crippen molar-refractivity contribution in [2.24, 2.45) is 0 Å². The molecule has 0 heterocycles. The van der Waals surface area contributed by atoms with Crippen LogP contribution in [-0.2, 0) is 0 Å². The van der Waals surface area contributed by atoms with Crippen molar-refractivity contribution in [3.05, 3.63) is 63.4 Å². The van der Waals surface area contributed by atoms with Gasteiger partial charge in [-0.1, -0.05) is 41.1 Å². The number of nitrogens with one attached hydrogen (secondary N) is 1. The van der Waals surface area contributed by atoms with E-state index in [0.717, 1.165) is 22.1 Å². The summed E-state index contributed by atoms with van der Waals surface area (Å²) >= 11 is 3.49. The van der Waals surface area contributed by atoms with Gasteiger partial charge in [0.1, 0.15) is 0 Å². The molecule has 1 unspecified atom stereocenters. The van der Waals surface area contributed by atoms with Crippen molar-refractivity contribution in [1.29, 1.82) is 0 Å². The quantitative estimate of drug-likeness (QED) is 0.849. The van der Waals surface area contributed by atoms with E-state index in [1.54, 1.807) is 12.1 Å². The maximum atomic E-state index is 14.6. The monoisotopic (exact) mass is 351 g/mol. The Morgan fingerprint density at radius 1 is 1.24 bits per heavy atom. The minimum Gasteiger partial charge on any atom is -0.494 e. The van der Waals surface area contributed by atoms with Gasteiger partial charge in [-0.2, -0.15) is 0 Å². The number of methoxy groups -OCH3 is 1. The summed E-state index contributed by atoms with van der Waals surface area (Å²) in [4.78, 5) is 0. The lowest BCUT2D eigenvalue weighted by molar-refractivity contribution is 0.381. The average molecular weight is 352 g/mol. The highest BCUT2D eigenvalue weighted by atomic mass is 79.9. The molecule has 0 aliphatic rings. The van der Waals surface area contributed by atoms with Crippen molar-refractivity contribution < 1.29 is 9.13 Å². The highest BCUT2D eigenvalue weighted by molar-refractivity contribution is 9.10. The summed E-state index contributed by atoms with van der Waals surface area (Å²) in [6.07, 6.45) is 0. The van der Waals surface area contributed by atoms with Gasteiger partial charge >= 0.3 is 0 Å². The number of ether oxygens (including phenoxy) is 1. The zero-order valence-electron chi connectivity index (χ0n) is 12.4. The predicted molar refractivity (Wildman–Crippen MR) is 87.4 cm³/mol. The van der Waals surface area contributed by atoms with E-state index in [-0.39, 0.29) is 17.6 Å². The predicted octanol–water partition coefficient (Wildman–Crippen LogP) is 4.60. The zero-order valence-corrected chi connectivity index (χ0v) is 14.0. The maximum absolute atomic E-state index is 14.6. The van der Waals surface area contributed by atoms with Gasteiger partial charge in [-0.3, -0.25) is 0 Å². The minimum atomic E-state index is -0.315. The molecule has 2 aromatic rings. The minimum absolute atomic E-state index is 0.206. The molecule has 2 nitrogen and oxygen atoms in total. The first kappa shape index (κ1) is 16.0. The molecular weight excluding hydrogens is 333 g/mol. The van der Waals surface area contributed by atoms with Gasteiger partial charge in [0.2, 0.25) is 0 Å². The largest absolute Gasteiger partial charge is 0.494 e. The van der Waals surface area contributed by atoms with E-state index in [1.807, 2.05) is 38.1 Å². The van der Waals surface area contributed by atoms with E-state index in [2.05, 4.69) is 21.2 Å². The van der Waals surface area contributed by atoms with Crippen LogP contribution >= 0.6 is 15.9 Å². The molecule has 0 aromatic heterocycles. The molecule has 0 aliphatic heterocycles. The lowest BCUT2D eigenvalue weighted by Crippen LogP contribution is -2.24. The molecule has 2 rings (SSSR count). The topological polar surface area (TPSA) is 21.3 Å². The van der Waals surface area contributed by atoms with Gasteiger partial charge in [0.25, 0.3) is 0 Å². The molecule has 112 valence electrons. The number of rotatable bonds is 5. The summed E-state index contributed by atoms with van der Waals surface area (Å²) in [5, 5.41) is 3.36. The first-order valence-corrected chi connectivity index (χ1v) is 7.69. The Labute approximate surface area is 133 Å². The third kappa shape index (κ3) is 3.44. The standard InChI is InChI=1S/C17H19BrFNO/c1-4-20-17(14-10-12(18)9-8-11(14)2)13-6-5-7-15(21-3)16(13)19/h5-10,17,20H,4H2,1-3H3. The van der Waals surface area contributed by atoms with Crippen LogP contribution in [0.2, 0.25) is 0 Å². The fourth-order valence-electron chi connectivity index (χ4n) is 2.42. The van der Waals surface area contributed by atoms with E-state index >= 15 is 0 Å². The molecule has 0 saturated heterocycles. The van der Waals surface area contributed by atoms with Crippen LogP contribution in [0.1, 0.15) is 29.7 Å². The third-order valence-electron chi connectivity index (χ3n) is 3.48. The van der Waals surface area contributed by atoms with Gasteiger partial charge in [0, 0.05) is 10.0 Å². The smallest absolute Gasteiger partial charge is 0.170 e. The maximum Gasteiger partial charge on any atom is 0.170 e. The van der Waals surface area contributed by atoms with Crippen LogP contribution in [0.3, 0.4) is 0 Å². The average Bonchev–Trinajstić information content (AvgIpc) is 2.48. The number of hydrogen-bond acceptors (Lipinski definition) is 2. The molecule has 0 saturated carbocycles. The van der Waals surface area contributed by atoms with Crippen LogP contribution in [0.4, 0.5) is 4.39 Å². The summed E-state index contributed by atoms with van der Waals surface area (Å²) in [6.45, 7) is 4.79. The number of halogens is 2. The molecule has 0 fully saturated rings. The molecule has 0 radical (unpaired) electrons. The molecule has 0 spiro atoms. The lowest BCUT2D eigenvalue weighted by Gasteiger charge is -2.22. The van der Waals surface area contributed by atoms with Crippen molar-refractivity contribution in [2.45, 2.75) is 19.9 Å². The van der Waals surface area contributed by atoms with Gasteiger partial charge in [-0.15, -0.1) is 0 Å². The Morgan fingerprint density at radius 3 is 2.67 bits per heavy atom. The van der Waals surface area contributed by atoms with Gasteiger partial charge in [0.15, 0.2) is 11.6 Å². The highest BCUT2D eigenvalue weighted by Crippen LogP contribution is 2.32. The second kappa shape index (κ2) is 7.05. The van der Waals surface area contributed by atoms with E-state index in [4.69, 9.17) is 4.74 Å². The van der Waals surface area contributed by atoms with Crippen LogP contribution < -0.4 is 10.1 Å². The molecule has 1 N–H and O–H groups in total. The van der Waals surface area contributed by atoms with Crippen LogP contribution in [-0.4, -0.2) is 13.7 Å². The van der Waals surface area contributed by atoms with Crippen LogP contribution in [0.5, 0.6) is 5.75 Å². The molecule has 0 amide bonds.